The van der Waals surface area contributed by atoms with Crippen LogP contribution in [-0.2, 0) is 6.42 Å². The number of halogens is 1. The Kier molecular flexibility index (Phi) is 5.40. The minimum atomic E-state index is -0.293. The highest BCUT2D eigenvalue weighted by Gasteiger charge is 2.02. The maximum absolute atomic E-state index is 11.7. The number of hydrogen-bond donors (Lipinski definition) is 2. The van der Waals surface area contributed by atoms with Gasteiger partial charge >= 0.3 is 6.03 Å². The van der Waals surface area contributed by atoms with Crippen LogP contribution in [0.3, 0.4) is 0 Å². The SMILES string of the molecule is COc1ccc(CCNC(=O)Nc2ccc(Cl)cn2)cc1. The van der Waals surface area contributed by atoms with Gasteiger partial charge in [0.1, 0.15) is 11.6 Å². The second-order valence-electron chi connectivity index (χ2n) is 4.34. The molecule has 0 unspecified atom stereocenters. The number of carbonyl (C=O) groups excluding carboxylic acids is 1. The Morgan fingerprint density at radius 1 is 1.24 bits per heavy atom. The monoisotopic (exact) mass is 305 g/mol. The zero-order valence-corrected chi connectivity index (χ0v) is 12.4. The lowest BCUT2D eigenvalue weighted by atomic mass is 10.1. The van der Waals surface area contributed by atoms with Crippen molar-refractivity contribution in [2.24, 2.45) is 0 Å². The summed E-state index contributed by atoms with van der Waals surface area (Å²) < 4.78 is 5.09. The van der Waals surface area contributed by atoms with Crippen molar-refractivity contribution in [2.45, 2.75) is 6.42 Å². The van der Waals surface area contributed by atoms with E-state index < -0.39 is 0 Å². The van der Waals surface area contributed by atoms with Gasteiger partial charge in [-0.3, -0.25) is 5.32 Å². The molecule has 6 heteroatoms. The molecule has 0 aliphatic carbocycles. The summed E-state index contributed by atoms with van der Waals surface area (Å²) in [4.78, 5) is 15.7. The Hall–Kier alpha value is -2.27. The maximum Gasteiger partial charge on any atom is 0.320 e. The standard InChI is InChI=1S/C15H16ClN3O2/c1-21-13-5-2-11(3-6-13)8-9-17-15(20)19-14-7-4-12(16)10-18-14/h2-7,10H,8-9H2,1H3,(H2,17,18,19,20). The van der Waals surface area contributed by atoms with Gasteiger partial charge in [0.2, 0.25) is 0 Å². The number of nitrogens with one attached hydrogen (secondary N) is 2. The fourth-order valence-electron chi connectivity index (χ4n) is 1.72. The normalized spacial score (nSPS) is 10.0. The number of anilines is 1. The summed E-state index contributed by atoms with van der Waals surface area (Å²) in [5, 5.41) is 5.93. The van der Waals surface area contributed by atoms with Gasteiger partial charge in [0.05, 0.1) is 12.1 Å². The molecule has 2 aromatic rings. The summed E-state index contributed by atoms with van der Waals surface area (Å²) in [6, 6.07) is 10.8. The summed E-state index contributed by atoms with van der Waals surface area (Å²) in [5.74, 6) is 1.28. The van der Waals surface area contributed by atoms with Crippen LogP contribution in [0.1, 0.15) is 5.56 Å². The minimum absolute atomic E-state index is 0.293. The summed E-state index contributed by atoms with van der Waals surface area (Å²) in [6.07, 6.45) is 2.22. The Labute approximate surface area is 128 Å². The van der Waals surface area contributed by atoms with E-state index in [0.29, 0.717) is 17.4 Å². The summed E-state index contributed by atoms with van der Waals surface area (Å²) in [5.41, 5.74) is 1.13. The lowest BCUT2D eigenvalue weighted by Gasteiger charge is -2.07. The summed E-state index contributed by atoms with van der Waals surface area (Å²) >= 11 is 5.72. The Bertz CT molecular complexity index is 585. The average molecular weight is 306 g/mol. The molecule has 2 rings (SSSR count). The Balaban J connectivity index is 1.74. The van der Waals surface area contributed by atoms with Gasteiger partial charge in [-0.2, -0.15) is 0 Å². The van der Waals surface area contributed by atoms with E-state index in [1.165, 1.54) is 6.20 Å². The van der Waals surface area contributed by atoms with E-state index in [2.05, 4.69) is 15.6 Å². The van der Waals surface area contributed by atoms with Gasteiger partial charge in [0.15, 0.2) is 0 Å². The number of rotatable bonds is 5. The second kappa shape index (κ2) is 7.50. The van der Waals surface area contributed by atoms with Crippen LogP contribution >= 0.6 is 11.6 Å². The van der Waals surface area contributed by atoms with Crippen LogP contribution in [0.15, 0.2) is 42.6 Å². The molecule has 0 aliphatic heterocycles. The molecule has 21 heavy (non-hydrogen) atoms. The molecular weight excluding hydrogens is 290 g/mol. The van der Waals surface area contributed by atoms with E-state index in [-0.39, 0.29) is 6.03 Å². The largest absolute Gasteiger partial charge is 0.497 e. The molecule has 1 aromatic heterocycles. The van der Waals surface area contributed by atoms with E-state index in [1.54, 1.807) is 19.2 Å². The first-order chi connectivity index (χ1) is 10.2. The highest BCUT2D eigenvalue weighted by Crippen LogP contribution is 2.11. The molecular formula is C15H16ClN3O2. The van der Waals surface area contributed by atoms with E-state index in [1.807, 2.05) is 24.3 Å². The van der Waals surface area contributed by atoms with Crippen LogP contribution in [0.4, 0.5) is 10.6 Å². The van der Waals surface area contributed by atoms with E-state index >= 15 is 0 Å². The highest BCUT2D eigenvalue weighted by atomic mass is 35.5. The molecule has 0 saturated carbocycles. The molecule has 0 bridgehead atoms. The van der Waals surface area contributed by atoms with Gasteiger partial charge < -0.3 is 10.1 Å². The van der Waals surface area contributed by atoms with Gasteiger partial charge in [0.25, 0.3) is 0 Å². The quantitative estimate of drug-likeness (QED) is 0.892. The number of benzene rings is 1. The van der Waals surface area contributed by atoms with Crippen molar-refractivity contribution in [1.82, 2.24) is 10.3 Å². The van der Waals surface area contributed by atoms with E-state index in [9.17, 15) is 4.79 Å². The van der Waals surface area contributed by atoms with Crippen LogP contribution in [-0.4, -0.2) is 24.7 Å². The van der Waals surface area contributed by atoms with Crippen molar-refractivity contribution in [1.29, 1.82) is 0 Å². The van der Waals surface area contributed by atoms with Crippen LogP contribution < -0.4 is 15.4 Å². The summed E-state index contributed by atoms with van der Waals surface area (Å²) in [7, 11) is 1.63. The van der Waals surface area contributed by atoms with Crippen molar-refractivity contribution in [2.75, 3.05) is 19.0 Å². The highest BCUT2D eigenvalue weighted by molar-refractivity contribution is 6.30. The van der Waals surface area contributed by atoms with Crippen LogP contribution in [0.5, 0.6) is 5.75 Å². The summed E-state index contributed by atoms with van der Waals surface area (Å²) in [6.45, 7) is 0.533. The van der Waals surface area contributed by atoms with Gasteiger partial charge in [-0.15, -0.1) is 0 Å². The van der Waals surface area contributed by atoms with Crippen molar-refractivity contribution in [3.8, 4) is 5.75 Å². The number of nitrogens with zero attached hydrogens (tertiary/aromatic N) is 1. The third-order valence-corrected chi connectivity index (χ3v) is 3.05. The predicted octanol–water partition coefficient (Wildman–Crippen LogP) is 3.11. The van der Waals surface area contributed by atoms with Gasteiger partial charge in [-0.1, -0.05) is 23.7 Å². The van der Waals surface area contributed by atoms with Crippen molar-refractivity contribution in [3.05, 3.63) is 53.2 Å². The molecule has 0 aliphatic rings. The Morgan fingerprint density at radius 2 is 2.00 bits per heavy atom. The van der Waals surface area contributed by atoms with Crippen molar-refractivity contribution >= 4 is 23.4 Å². The van der Waals surface area contributed by atoms with Crippen molar-refractivity contribution in [3.63, 3.8) is 0 Å². The maximum atomic E-state index is 11.7. The number of methoxy groups -OCH3 is 1. The lowest BCUT2D eigenvalue weighted by molar-refractivity contribution is 0.252. The molecule has 0 fully saturated rings. The average Bonchev–Trinajstić information content (AvgIpc) is 2.50. The first-order valence-electron chi connectivity index (χ1n) is 6.47. The van der Waals surface area contributed by atoms with Gasteiger partial charge in [-0.05, 0) is 36.2 Å². The van der Waals surface area contributed by atoms with E-state index in [0.717, 1.165) is 17.7 Å². The zero-order valence-electron chi connectivity index (χ0n) is 11.6. The fraction of sp³-hybridized carbons (Fsp3) is 0.200. The number of pyridine rings is 1. The molecule has 110 valence electrons. The smallest absolute Gasteiger partial charge is 0.320 e. The number of hydrogen-bond acceptors (Lipinski definition) is 3. The molecule has 0 saturated heterocycles. The minimum Gasteiger partial charge on any atom is -0.497 e. The molecule has 5 nitrogen and oxygen atoms in total. The molecule has 1 heterocycles. The molecule has 0 spiro atoms. The molecule has 2 amide bonds. The Morgan fingerprint density at radius 3 is 2.62 bits per heavy atom. The van der Waals surface area contributed by atoms with Crippen molar-refractivity contribution < 1.29 is 9.53 Å². The fourth-order valence-corrected chi connectivity index (χ4v) is 1.83. The van der Waals surface area contributed by atoms with Gasteiger partial charge in [0, 0.05) is 12.7 Å². The number of urea groups is 1. The second-order valence-corrected chi connectivity index (χ2v) is 4.78. The first kappa shape index (κ1) is 15.1. The van der Waals surface area contributed by atoms with Crippen LogP contribution in [0.2, 0.25) is 5.02 Å². The number of aromatic nitrogens is 1. The van der Waals surface area contributed by atoms with Crippen LogP contribution in [0.25, 0.3) is 0 Å². The lowest BCUT2D eigenvalue weighted by Crippen LogP contribution is -2.30. The number of carbonyl (C=O) groups is 1. The van der Waals surface area contributed by atoms with Crippen LogP contribution in [0, 0.1) is 0 Å². The first-order valence-corrected chi connectivity index (χ1v) is 6.84. The molecule has 0 atom stereocenters. The number of ether oxygens (including phenoxy) is 1. The molecule has 0 radical (unpaired) electrons. The topological polar surface area (TPSA) is 63.2 Å². The predicted molar refractivity (Wildman–Crippen MR) is 83.0 cm³/mol. The third kappa shape index (κ3) is 4.96. The molecule has 2 N–H and O–H groups in total. The molecule has 1 aromatic carbocycles. The van der Waals surface area contributed by atoms with E-state index in [4.69, 9.17) is 16.3 Å². The van der Waals surface area contributed by atoms with Gasteiger partial charge in [-0.25, -0.2) is 9.78 Å². The third-order valence-electron chi connectivity index (χ3n) is 2.83. The number of amides is 2. The zero-order chi connectivity index (χ0) is 15.1.